The molecule has 1 unspecified atom stereocenters. The third-order valence-electron chi connectivity index (χ3n) is 4.80. The Labute approximate surface area is 195 Å². The van der Waals surface area contributed by atoms with E-state index in [-0.39, 0.29) is 17.1 Å². The van der Waals surface area contributed by atoms with Gasteiger partial charge in [0.05, 0.1) is 35.8 Å². The van der Waals surface area contributed by atoms with Crippen LogP contribution in [0, 0.1) is 5.82 Å². The summed E-state index contributed by atoms with van der Waals surface area (Å²) in [5, 5.41) is 9.94. The van der Waals surface area contributed by atoms with Crippen LogP contribution in [0.4, 0.5) is 15.1 Å². The molecule has 1 heterocycles. The summed E-state index contributed by atoms with van der Waals surface area (Å²) in [6.45, 7) is 0. The molecule has 0 bridgehead atoms. The van der Waals surface area contributed by atoms with Crippen molar-refractivity contribution in [1.82, 2.24) is 4.98 Å². The van der Waals surface area contributed by atoms with Gasteiger partial charge in [-0.3, -0.25) is 8.51 Å². The number of aromatic carboxylic acids is 1. The maximum Gasteiger partial charge on any atom is 0.335 e. The van der Waals surface area contributed by atoms with Crippen LogP contribution in [0.15, 0.2) is 72.9 Å². The molecule has 1 N–H and O–H groups in total. The van der Waals surface area contributed by atoms with E-state index in [4.69, 9.17) is 9.84 Å². The molecule has 0 fully saturated rings. The summed E-state index contributed by atoms with van der Waals surface area (Å²) < 4.78 is 44.1. The highest BCUT2D eigenvalue weighted by Crippen LogP contribution is 2.41. The summed E-state index contributed by atoms with van der Waals surface area (Å²) in [5.41, 5.74) is 2.58. The second-order valence-electron chi connectivity index (χ2n) is 6.79. The Morgan fingerprint density at radius 1 is 1.06 bits per heavy atom. The van der Waals surface area contributed by atoms with Gasteiger partial charge in [0.2, 0.25) is 0 Å². The van der Waals surface area contributed by atoms with Crippen LogP contribution in [-0.2, 0) is 11.3 Å². The number of carboxylic acid groups (broad SMARTS) is 1. The topological polar surface area (TPSA) is 103 Å². The van der Waals surface area contributed by atoms with Crippen molar-refractivity contribution >= 4 is 39.3 Å². The van der Waals surface area contributed by atoms with Crippen molar-refractivity contribution in [3.63, 3.8) is 0 Å². The zero-order valence-corrected chi connectivity index (χ0v) is 18.7. The van der Waals surface area contributed by atoms with E-state index >= 15 is 0 Å². The molecule has 7 nitrogen and oxygen atoms in total. The Balaban J connectivity index is 1.70. The highest BCUT2D eigenvalue weighted by molar-refractivity contribution is 7.81. The van der Waals surface area contributed by atoms with Gasteiger partial charge >= 0.3 is 5.97 Å². The summed E-state index contributed by atoms with van der Waals surface area (Å²) in [6, 6.07) is 17.1. The van der Waals surface area contributed by atoms with E-state index < -0.39 is 17.2 Å². The summed E-state index contributed by atoms with van der Waals surface area (Å²) in [5.74, 6) is -1.09. The van der Waals surface area contributed by atoms with Gasteiger partial charge in [-0.25, -0.2) is 14.2 Å². The van der Waals surface area contributed by atoms with Crippen molar-refractivity contribution in [3.8, 4) is 27.4 Å². The molecular formula is C23H16FN2O5S2-. The zero-order chi connectivity index (χ0) is 23.5. The number of thiazole rings is 1. The minimum atomic E-state index is -2.67. The predicted octanol–water partition coefficient (Wildman–Crippen LogP) is 5.26. The molecule has 3 aromatic carbocycles. The molecule has 33 heavy (non-hydrogen) atoms. The first-order valence-corrected chi connectivity index (χ1v) is 11.4. The second-order valence-corrected chi connectivity index (χ2v) is 8.60. The maximum atomic E-state index is 13.2. The van der Waals surface area contributed by atoms with Crippen molar-refractivity contribution in [2.45, 2.75) is 0 Å². The fourth-order valence-corrected chi connectivity index (χ4v) is 4.83. The molecule has 168 valence electrons. The monoisotopic (exact) mass is 483 g/mol. The molecule has 1 atom stereocenters. The van der Waals surface area contributed by atoms with Gasteiger partial charge in [0.1, 0.15) is 21.6 Å². The van der Waals surface area contributed by atoms with E-state index in [0.717, 1.165) is 26.8 Å². The molecule has 0 amide bonds. The number of hydrogen-bond acceptors (Lipinski definition) is 6. The SMILES string of the molecule is COc1cc(-c2ccc(C(=O)O)cc2)ccc1N(c1cnc(-c2ccc(F)cc2)s1)S(=O)[O-]. The van der Waals surface area contributed by atoms with Gasteiger partial charge in [0, 0.05) is 5.56 Å². The van der Waals surface area contributed by atoms with Gasteiger partial charge in [-0.05, 0) is 59.7 Å². The Hall–Kier alpha value is -3.60. The Kier molecular flexibility index (Phi) is 6.50. The van der Waals surface area contributed by atoms with Gasteiger partial charge in [0.15, 0.2) is 0 Å². The molecule has 0 aliphatic carbocycles. The van der Waals surface area contributed by atoms with E-state index in [9.17, 15) is 17.9 Å². The molecule has 0 radical (unpaired) electrons. The zero-order valence-electron chi connectivity index (χ0n) is 17.1. The first-order valence-electron chi connectivity index (χ1n) is 9.50. The molecular weight excluding hydrogens is 467 g/mol. The van der Waals surface area contributed by atoms with E-state index in [1.807, 2.05) is 0 Å². The number of nitrogens with zero attached hydrogens (tertiary/aromatic N) is 2. The lowest BCUT2D eigenvalue weighted by atomic mass is 10.0. The van der Waals surface area contributed by atoms with Gasteiger partial charge in [0.25, 0.3) is 0 Å². The number of ether oxygens (including phenoxy) is 1. The quantitative estimate of drug-likeness (QED) is 0.360. The molecule has 0 saturated heterocycles. The summed E-state index contributed by atoms with van der Waals surface area (Å²) in [6.07, 6.45) is 1.43. The van der Waals surface area contributed by atoms with Gasteiger partial charge in [-0.15, -0.1) is 0 Å². The lowest BCUT2D eigenvalue weighted by Crippen LogP contribution is -2.19. The number of hydrogen-bond donors (Lipinski definition) is 1. The van der Waals surface area contributed by atoms with Crippen molar-refractivity contribution in [3.05, 3.63) is 84.3 Å². The first-order chi connectivity index (χ1) is 15.9. The van der Waals surface area contributed by atoms with Crippen molar-refractivity contribution in [2.24, 2.45) is 0 Å². The van der Waals surface area contributed by atoms with Crippen molar-refractivity contribution < 1.29 is 27.8 Å². The number of benzene rings is 3. The third kappa shape index (κ3) is 4.77. The molecule has 0 aliphatic heterocycles. The standard InChI is InChI=1S/C23H17FN2O5S2/c1-31-20-12-17(14-2-4-16(5-3-14)23(27)28)8-11-19(20)26(33(29)30)21-13-25-22(32-21)15-6-9-18(24)10-7-15/h2-13H,1H3,(H,27,28)(H,29,30)/p-1. The number of rotatable bonds is 7. The Bertz CT molecular complexity index is 1320. The highest BCUT2D eigenvalue weighted by atomic mass is 32.2. The minimum absolute atomic E-state index is 0.164. The third-order valence-corrected chi connectivity index (χ3v) is 6.64. The van der Waals surface area contributed by atoms with Crippen molar-refractivity contribution in [1.29, 1.82) is 0 Å². The van der Waals surface area contributed by atoms with Crippen LogP contribution >= 0.6 is 11.3 Å². The van der Waals surface area contributed by atoms with Gasteiger partial charge < -0.3 is 14.4 Å². The predicted molar refractivity (Wildman–Crippen MR) is 124 cm³/mol. The average Bonchev–Trinajstić information content (AvgIpc) is 3.29. The van der Waals surface area contributed by atoms with Gasteiger partial charge in [-0.1, -0.05) is 29.5 Å². The highest BCUT2D eigenvalue weighted by Gasteiger charge is 2.19. The van der Waals surface area contributed by atoms with Gasteiger partial charge in [-0.2, -0.15) is 0 Å². The van der Waals surface area contributed by atoms with Crippen LogP contribution in [0.3, 0.4) is 0 Å². The normalized spacial score (nSPS) is 11.7. The minimum Gasteiger partial charge on any atom is -0.755 e. The molecule has 10 heteroatoms. The van der Waals surface area contributed by atoms with E-state index in [2.05, 4.69) is 4.98 Å². The second kappa shape index (κ2) is 9.49. The number of aromatic nitrogens is 1. The van der Waals surface area contributed by atoms with Crippen LogP contribution < -0.4 is 9.04 Å². The maximum absolute atomic E-state index is 13.2. The molecule has 4 rings (SSSR count). The van der Waals surface area contributed by atoms with Crippen LogP contribution in [0.2, 0.25) is 0 Å². The van der Waals surface area contributed by atoms with Crippen LogP contribution in [0.1, 0.15) is 10.4 Å². The Morgan fingerprint density at radius 2 is 1.70 bits per heavy atom. The molecule has 0 aliphatic rings. The van der Waals surface area contributed by atoms with E-state index in [0.29, 0.717) is 21.3 Å². The lowest BCUT2D eigenvalue weighted by Gasteiger charge is -2.26. The summed E-state index contributed by atoms with van der Waals surface area (Å²) in [4.78, 5) is 15.4. The largest absolute Gasteiger partial charge is 0.755 e. The fraction of sp³-hybridized carbons (Fsp3) is 0.0435. The van der Waals surface area contributed by atoms with Crippen LogP contribution in [0.5, 0.6) is 5.75 Å². The fourth-order valence-electron chi connectivity index (χ4n) is 3.19. The van der Waals surface area contributed by atoms with Crippen LogP contribution in [-0.4, -0.2) is 31.9 Å². The number of carbonyl (C=O) groups is 1. The van der Waals surface area contributed by atoms with Crippen LogP contribution in [0.25, 0.3) is 21.7 Å². The summed E-state index contributed by atoms with van der Waals surface area (Å²) in [7, 11) is 1.43. The van der Waals surface area contributed by atoms with E-state index in [1.165, 1.54) is 37.6 Å². The molecule has 0 spiro atoms. The molecule has 4 aromatic rings. The average molecular weight is 484 g/mol. The lowest BCUT2D eigenvalue weighted by molar-refractivity contribution is 0.0697. The van der Waals surface area contributed by atoms with E-state index in [1.54, 1.807) is 42.5 Å². The summed E-state index contributed by atoms with van der Waals surface area (Å²) >= 11 is -1.54. The number of methoxy groups -OCH3 is 1. The number of carboxylic acids is 1. The first kappa shape index (κ1) is 22.6. The smallest absolute Gasteiger partial charge is 0.335 e. The molecule has 0 saturated carbocycles. The van der Waals surface area contributed by atoms with Crippen molar-refractivity contribution in [2.75, 3.05) is 11.4 Å². The molecule has 1 aromatic heterocycles. The Morgan fingerprint density at radius 3 is 2.30 bits per heavy atom. The number of halogens is 1. The number of anilines is 2.